The van der Waals surface area contributed by atoms with E-state index >= 15 is 0 Å². The van der Waals surface area contributed by atoms with Gasteiger partial charge in [-0.3, -0.25) is 4.18 Å². The third-order valence-electron chi connectivity index (χ3n) is 4.91. The van der Waals surface area contributed by atoms with E-state index in [0.717, 1.165) is 22.3 Å². The summed E-state index contributed by atoms with van der Waals surface area (Å²) in [4.78, 5) is 0.105. The molecule has 3 aromatic carbocycles. The standard InChI is InChI=1S/C23H21ClO5S/c1-15-7-9-18(10-8-15)30(25,26)28-14-17-13-27-21-12-11-20(24)22(23(21)29-17)19-6-4-3-5-16(19)2/h3-12,17H,13-14H2,1-2H3/t17-/m1/s1. The summed E-state index contributed by atoms with van der Waals surface area (Å²) in [5.74, 6) is 1.06. The first-order valence-electron chi connectivity index (χ1n) is 9.49. The summed E-state index contributed by atoms with van der Waals surface area (Å²) in [5, 5.41) is 0.528. The van der Waals surface area contributed by atoms with Gasteiger partial charge in [-0.2, -0.15) is 8.42 Å². The number of benzene rings is 3. The Morgan fingerprint density at radius 3 is 2.50 bits per heavy atom. The molecule has 0 bridgehead atoms. The largest absolute Gasteiger partial charge is 0.486 e. The molecule has 0 N–H and O–H groups in total. The summed E-state index contributed by atoms with van der Waals surface area (Å²) in [5.41, 5.74) is 3.65. The van der Waals surface area contributed by atoms with Gasteiger partial charge in [0.25, 0.3) is 10.1 Å². The minimum absolute atomic E-state index is 0.105. The molecule has 0 aromatic heterocycles. The minimum atomic E-state index is -3.89. The van der Waals surface area contributed by atoms with Gasteiger partial charge in [-0.1, -0.05) is 53.6 Å². The molecular formula is C23H21ClO5S. The highest BCUT2D eigenvalue weighted by atomic mass is 35.5. The Morgan fingerprint density at radius 2 is 1.77 bits per heavy atom. The second kappa shape index (κ2) is 8.30. The first-order valence-corrected chi connectivity index (χ1v) is 11.3. The van der Waals surface area contributed by atoms with Crippen LogP contribution in [0.4, 0.5) is 0 Å². The predicted octanol–water partition coefficient (Wildman–Crippen LogP) is 5.17. The second-order valence-corrected chi connectivity index (χ2v) is 9.19. The average molecular weight is 445 g/mol. The maximum atomic E-state index is 12.5. The summed E-state index contributed by atoms with van der Waals surface area (Å²) < 4.78 is 42.1. The van der Waals surface area contributed by atoms with Crippen LogP contribution in [0.2, 0.25) is 5.02 Å². The molecule has 3 aromatic rings. The molecule has 1 heterocycles. The van der Waals surface area contributed by atoms with Crippen LogP contribution in [-0.4, -0.2) is 27.7 Å². The van der Waals surface area contributed by atoms with E-state index in [4.69, 9.17) is 25.3 Å². The Hall–Kier alpha value is -2.54. The van der Waals surface area contributed by atoms with E-state index in [1.54, 1.807) is 24.3 Å². The minimum Gasteiger partial charge on any atom is -0.486 e. The second-order valence-electron chi connectivity index (χ2n) is 7.17. The molecule has 0 unspecified atom stereocenters. The number of fused-ring (bicyclic) bond motifs is 1. The van der Waals surface area contributed by atoms with Gasteiger partial charge in [0.15, 0.2) is 17.6 Å². The third-order valence-corrected chi connectivity index (χ3v) is 6.52. The third kappa shape index (κ3) is 4.17. The molecular weight excluding hydrogens is 424 g/mol. The van der Waals surface area contributed by atoms with Crippen LogP contribution in [-0.2, 0) is 14.3 Å². The lowest BCUT2D eigenvalue weighted by Gasteiger charge is -2.28. The smallest absolute Gasteiger partial charge is 0.297 e. The number of ether oxygens (including phenoxy) is 2. The molecule has 4 rings (SSSR count). The zero-order valence-corrected chi connectivity index (χ0v) is 18.2. The van der Waals surface area contributed by atoms with Crippen LogP contribution in [0.1, 0.15) is 11.1 Å². The number of hydrogen-bond acceptors (Lipinski definition) is 5. The number of hydrogen-bond donors (Lipinski definition) is 0. The molecule has 7 heteroatoms. The Labute approximate surface area is 181 Å². The van der Waals surface area contributed by atoms with E-state index in [-0.39, 0.29) is 18.1 Å². The van der Waals surface area contributed by atoms with E-state index in [1.165, 1.54) is 12.1 Å². The van der Waals surface area contributed by atoms with Crippen LogP contribution in [0.5, 0.6) is 11.5 Å². The molecule has 0 fully saturated rings. The summed E-state index contributed by atoms with van der Waals surface area (Å²) in [6.07, 6.45) is -0.598. The van der Waals surface area contributed by atoms with Crippen molar-refractivity contribution in [2.24, 2.45) is 0 Å². The van der Waals surface area contributed by atoms with E-state index in [9.17, 15) is 8.42 Å². The Kier molecular flexibility index (Phi) is 5.73. The van der Waals surface area contributed by atoms with Gasteiger partial charge in [0, 0.05) is 5.56 Å². The molecule has 0 aliphatic carbocycles. The Morgan fingerprint density at radius 1 is 1.03 bits per heavy atom. The molecule has 0 saturated carbocycles. The van der Waals surface area contributed by atoms with Crippen molar-refractivity contribution in [1.82, 2.24) is 0 Å². The van der Waals surface area contributed by atoms with Crippen molar-refractivity contribution in [3.63, 3.8) is 0 Å². The molecule has 30 heavy (non-hydrogen) atoms. The molecule has 1 aliphatic heterocycles. The maximum Gasteiger partial charge on any atom is 0.297 e. The van der Waals surface area contributed by atoms with Crippen LogP contribution in [0.3, 0.4) is 0 Å². The molecule has 1 atom stereocenters. The number of rotatable bonds is 5. The summed E-state index contributed by atoms with van der Waals surface area (Å²) in [6, 6.07) is 17.8. The summed E-state index contributed by atoms with van der Waals surface area (Å²) in [7, 11) is -3.89. The van der Waals surface area contributed by atoms with Crippen molar-refractivity contribution in [3.8, 4) is 22.6 Å². The highest BCUT2D eigenvalue weighted by Crippen LogP contribution is 2.46. The van der Waals surface area contributed by atoms with Crippen molar-refractivity contribution in [2.75, 3.05) is 13.2 Å². The quantitative estimate of drug-likeness (QED) is 0.508. The zero-order chi connectivity index (χ0) is 21.3. The highest BCUT2D eigenvalue weighted by molar-refractivity contribution is 7.86. The molecule has 0 saturated heterocycles. The van der Waals surface area contributed by atoms with Crippen LogP contribution >= 0.6 is 11.6 Å². The van der Waals surface area contributed by atoms with E-state index < -0.39 is 16.2 Å². The fourth-order valence-corrected chi connectivity index (χ4v) is 4.47. The molecule has 156 valence electrons. The SMILES string of the molecule is Cc1ccc(S(=O)(=O)OC[C@H]2COc3ccc(Cl)c(-c4ccccc4C)c3O2)cc1. The summed E-state index contributed by atoms with van der Waals surface area (Å²) in [6.45, 7) is 3.88. The van der Waals surface area contributed by atoms with Crippen LogP contribution in [0.25, 0.3) is 11.1 Å². The number of aryl methyl sites for hydroxylation is 2. The van der Waals surface area contributed by atoms with Gasteiger partial charge in [-0.15, -0.1) is 0 Å². The van der Waals surface area contributed by atoms with Crippen molar-refractivity contribution >= 4 is 21.7 Å². The molecule has 0 amide bonds. The van der Waals surface area contributed by atoms with Crippen molar-refractivity contribution in [2.45, 2.75) is 24.8 Å². The van der Waals surface area contributed by atoms with Gasteiger partial charge in [0.2, 0.25) is 0 Å². The van der Waals surface area contributed by atoms with Gasteiger partial charge >= 0.3 is 0 Å². The van der Waals surface area contributed by atoms with E-state index in [0.29, 0.717) is 16.5 Å². The fourth-order valence-electron chi connectivity index (χ4n) is 3.28. The van der Waals surface area contributed by atoms with Crippen molar-refractivity contribution in [3.05, 3.63) is 76.8 Å². The topological polar surface area (TPSA) is 61.8 Å². The first-order chi connectivity index (χ1) is 14.3. The number of halogens is 1. The molecule has 0 radical (unpaired) electrons. The summed E-state index contributed by atoms with van der Waals surface area (Å²) >= 11 is 6.50. The van der Waals surface area contributed by atoms with Crippen molar-refractivity contribution < 1.29 is 22.1 Å². The lowest BCUT2D eigenvalue weighted by atomic mass is 9.99. The Balaban J connectivity index is 1.57. The Bertz CT molecular complexity index is 1170. The lowest BCUT2D eigenvalue weighted by Crippen LogP contribution is -2.34. The monoisotopic (exact) mass is 444 g/mol. The average Bonchev–Trinajstić information content (AvgIpc) is 2.73. The van der Waals surface area contributed by atoms with E-state index in [1.807, 2.05) is 38.1 Å². The zero-order valence-electron chi connectivity index (χ0n) is 16.6. The fraction of sp³-hybridized carbons (Fsp3) is 0.217. The van der Waals surface area contributed by atoms with Gasteiger partial charge in [0.05, 0.1) is 9.92 Å². The predicted molar refractivity (Wildman–Crippen MR) is 116 cm³/mol. The van der Waals surface area contributed by atoms with Gasteiger partial charge < -0.3 is 9.47 Å². The maximum absolute atomic E-state index is 12.5. The van der Waals surface area contributed by atoms with Gasteiger partial charge in [0.1, 0.15) is 13.2 Å². The van der Waals surface area contributed by atoms with Crippen molar-refractivity contribution in [1.29, 1.82) is 0 Å². The lowest BCUT2D eigenvalue weighted by molar-refractivity contribution is 0.0561. The van der Waals surface area contributed by atoms with Crippen LogP contribution in [0, 0.1) is 13.8 Å². The van der Waals surface area contributed by atoms with Gasteiger partial charge in [-0.25, -0.2) is 0 Å². The van der Waals surface area contributed by atoms with Crippen LogP contribution in [0.15, 0.2) is 65.6 Å². The highest BCUT2D eigenvalue weighted by Gasteiger charge is 2.28. The first kappa shape index (κ1) is 20.7. The van der Waals surface area contributed by atoms with Crippen LogP contribution < -0.4 is 9.47 Å². The molecule has 1 aliphatic rings. The molecule has 5 nitrogen and oxygen atoms in total. The van der Waals surface area contributed by atoms with E-state index in [2.05, 4.69) is 0 Å². The molecule has 0 spiro atoms. The normalized spacial score (nSPS) is 15.8. The van der Waals surface area contributed by atoms with Gasteiger partial charge in [-0.05, 0) is 49.2 Å².